The lowest BCUT2D eigenvalue weighted by Gasteiger charge is -2.27. The van der Waals surface area contributed by atoms with E-state index in [4.69, 9.17) is 45.3 Å². The van der Waals surface area contributed by atoms with Gasteiger partial charge < -0.3 is 36.2 Å². The van der Waals surface area contributed by atoms with Crippen molar-refractivity contribution in [1.29, 1.82) is 0 Å². The minimum absolute atomic E-state index is 0.0467. The van der Waals surface area contributed by atoms with E-state index < -0.39 is 43.0 Å². The van der Waals surface area contributed by atoms with Gasteiger partial charge in [-0.15, -0.1) is 0 Å². The summed E-state index contributed by atoms with van der Waals surface area (Å²) in [5.41, 5.74) is 9.01. The van der Waals surface area contributed by atoms with E-state index in [0.717, 1.165) is 34.4 Å². The van der Waals surface area contributed by atoms with Crippen LogP contribution < -0.4 is 11.1 Å². The number of carboxylic acid groups (broad SMARTS) is 4. The number of Topliss-reactive ketones (excluding diaryl/α,β-unsaturated/α-hetero) is 1. The second-order valence-electron chi connectivity index (χ2n) is 12.9. The predicted octanol–water partition coefficient (Wildman–Crippen LogP) is 0.451. The van der Waals surface area contributed by atoms with Gasteiger partial charge >= 0.3 is 24.1 Å². The smallest absolute Gasteiger partial charge is 0.373 e. The number of amides is 1. The molecule has 0 bridgehead atoms. The van der Waals surface area contributed by atoms with Crippen molar-refractivity contribution >= 4 is 52.5 Å². The summed E-state index contributed by atoms with van der Waals surface area (Å²) >= 11 is 0. The molecule has 3 aromatic rings. The number of carboxylic acids is 4. The summed E-state index contributed by atoms with van der Waals surface area (Å²) in [5, 5.41) is 39.8. The number of nitrogens with one attached hydrogen (secondary N) is 1. The van der Waals surface area contributed by atoms with E-state index in [1.807, 2.05) is 66.7 Å². The van der Waals surface area contributed by atoms with Crippen LogP contribution in [0.3, 0.4) is 0 Å². The van der Waals surface area contributed by atoms with Crippen molar-refractivity contribution in [2.45, 2.75) is 32.4 Å². The van der Waals surface area contributed by atoms with Gasteiger partial charge in [-0.05, 0) is 47.4 Å². The Balaban J connectivity index is 0.00000214. The molecule has 57 heavy (non-hydrogen) atoms. The Morgan fingerprint density at radius 2 is 1.23 bits per heavy atom. The maximum absolute atomic E-state index is 12.8. The van der Waals surface area contributed by atoms with Crippen LogP contribution in [0.4, 0.5) is 0 Å². The Hall–Kier alpha value is -5.88. The average Bonchev–Trinajstić information content (AvgIpc) is 3.13. The Kier molecular flexibility index (Phi) is 23.8. The summed E-state index contributed by atoms with van der Waals surface area (Å²) in [6.07, 6.45) is 1.28. The molecule has 0 aliphatic heterocycles. The molecule has 0 spiro atoms. The molecule has 0 aromatic heterocycles. The second kappa shape index (κ2) is 27.7. The zero-order valence-corrected chi connectivity index (χ0v) is 32.0. The molecule has 3 rings (SSSR count). The van der Waals surface area contributed by atoms with Gasteiger partial charge in [0.1, 0.15) is 6.61 Å². The lowest BCUT2D eigenvalue weighted by Crippen LogP contribution is -2.45. The number of hydrogen-bond acceptors (Lipinski definition) is 13. The van der Waals surface area contributed by atoms with Crippen LogP contribution in [0.5, 0.6) is 0 Å². The molecule has 0 radical (unpaired) electrons. The summed E-state index contributed by atoms with van der Waals surface area (Å²) < 4.78 is 5.62. The number of likely N-dealkylation sites (N-methyl/N-ethyl adjacent to an activating group) is 1. The van der Waals surface area contributed by atoms with E-state index in [-0.39, 0.29) is 57.2 Å². The van der Waals surface area contributed by atoms with Crippen LogP contribution >= 0.6 is 0 Å². The number of ketones is 1. The van der Waals surface area contributed by atoms with Crippen molar-refractivity contribution in [3.8, 4) is 0 Å². The zero-order chi connectivity index (χ0) is 42.8. The number of carbonyl (C=O) groups is 6. The van der Waals surface area contributed by atoms with Gasteiger partial charge in [0, 0.05) is 39.6 Å². The highest BCUT2D eigenvalue weighted by molar-refractivity contribution is 5.86. The summed E-state index contributed by atoms with van der Waals surface area (Å²) in [6, 6.07) is 21.0. The number of hydrogen-bond donors (Lipinski definition) is 6. The highest BCUT2D eigenvalue weighted by Gasteiger charge is 2.18. The van der Waals surface area contributed by atoms with Gasteiger partial charge in [-0.1, -0.05) is 66.7 Å². The minimum Gasteiger partial charge on any atom is -0.481 e. The number of benzene rings is 3. The normalized spacial score (nSPS) is 11.1. The maximum Gasteiger partial charge on any atom is 0.373 e. The van der Waals surface area contributed by atoms with E-state index in [9.17, 15) is 24.0 Å². The Labute approximate surface area is 329 Å². The summed E-state index contributed by atoms with van der Waals surface area (Å²) in [7, 11) is 1.63. The molecule has 1 atom stereocenters. The summed E-state index contributed by atoms with van der Waals surface area (Å²) in [5.74, 6) is -4.62. The van der Waals surface area contributed by atoms with Crippen LogP contribution in [0.1, 0.15) is 23.6 Å². The molecule has 18 nitrogen and oxygen atoms in total. The van der Waals surface area contributed by atoms with Crippen molar-refractivity contribution in [3.05, 3.63) is 83.4 Å². The second-order valence-corrected chi connectivity index (χ2v) is 12.9. The Morgan fingerprint density at radius 1 is 0.719 bits per heavy atom. The molecule has 3 aromatic carbocycles. The van der Waals surface area contributed by atoms with Crippen molar-refractivity contribution in [2.75, 3.05) is 72.6 Å². The monoisotopic (exact) mass is 797 g/mol. The van der Waals surface area contributed by atoms with E-state index >= 15 is 0 Å². The first-order valence-corrected chi connectivity index (χ1v) is 17.7. The van der Waals surface area contributed by atoms with Gasteiger partial charge in [0.05, 0.1) is 38.8 Å². The first-order chi connectivity index (χ1) is 27.0. The molecule has 0 fully saturated rings. The summed E-state index contributed by atoms with van der Waals surface area (Å²) in [4.78, 5) is 88.6. The number of aliphatic carboxylic acids is 4. The molecule has 0 heterocycles. The van der Waals surface area contributed by atoms with Crippen LogP contribution in [0.15, 0.2) is 66.7 Å². The molecule has 0 aliphatic rings. The van der Waals surface area contributed by atoms with Gasteiger partial charge in [0.2, 0.25) is 5.91 Å². The zero-order valence-electron chi connectivity index (χ0n) is 32.0. The minimum atomic E-state index is -1.17. The fraction of sp³-hybridized carbons (Fsp3) is 0.410. The molecular formula is C39H51N5O13. The fourth-order valence-electron chi connectivity index (χ4n) is 5.26. The standard InChI is InChI=1S/C36H47N5O9.C2H4O2.CO2/c1-39(22-34(44)45)13-14-40(15-16-41(23-35(46)47)24-36(48)49)21-33(43)38-20-27-8-6-26(7-9-27)12-17-50-25-32(42)31(37)19-28-10-11-29-4-2-3-5-30(29)18-28;1-2(3)4;2-1-3/h2-11,18,31H,12-17,19-25,37H2,1H3,(H,38,43)(H,44,45)(H,46,47)(H,48,49);1H3,(H,3,4);/t31-;;/m1../s1. The lowest BCUT2D eigenvalue weighted by molar-refractivity contribution is -0.192. The molecule has 18 heteroatoms. The van der Waals surface area contributed by atoms with Gasteiger partial charge in [-0.3, -0.25) is 43.5 Å². The number of rotatable bonds is 24. The van der Waals surface area contributed by atoms with Crippen LogP contribution in [-0.4, -0.2) is 156 Å². The first-order valence-electron chi connectivity index (χ1n) is 17.7. The van der Waals surface area contributed by atoms with E-state index in [2.05, 4.69) is 5.32 Å². The molecule has 7 N–H and O–H groups in total. The van der Waals surface area contributed by atoms with Crippen LogP contribution in [0.25, 0.3) is 10.8 Å². The predicted molar refractivity (Wildman–Crippen MR) is 205 cm³/mol. The largest absolute Gasteiger partial charge is 0.481 e. The molecule has 0 saturated carbocycles. The molecule has 1 amide bonds. The van der Waals surface area contributed by atoms with E-state index in [1.165, 1.54) is 4.90 Å². The van der Waals surface area contributed by atoms with Crippen LogP contribution in [0, 0.1) is 0 Å². The number of carbonyl (C=O) groups excluding carboxylic acids is 4. The van der Waals surface area contributed by atoms with Crippen LogP contribution in [-0.2, 0) is 62.5 Å². The highest BCUT2D eigenvalue weighted by atomic mass is 16.5. The quantitative estimate of drug-likeness (QED) is 0.0672. The SMILES string of the molecule is CC(=O)O.CN(CCN(CCN(CC(=O)O)CC(=O)O)CC(=O)NCc1ccc(CCOCC(=O)[C@H](N)Cc2ccc3ccccc3c2)cc1)CC(=O)O.O=C=O. The molecular weight excluding hydrogens is 746 g/mol. The van der Waals surface area contributed by atoms with Crippen molar-refractivity contribution < 1.29 is 63.5 Å². The third-order valence-electron chi connectivity index (χ3n) is 8.00. The first kappa shape index (κ1) is 49.1. The average molecular weight is 798 g/mol. The van der Waals surface area contributed by atoms with E-state index in [1.54, 1.807) is 16.8 Å². The summed E-state index contributed by atoms with van der Waals surface area (Å²) in [6.45, 7) is 1.38. The van der Waals surface area contributed by atoms with Crippen molar-refractivity contribution in [2.24, 2.45) is 5.73 Å². The maximum atomic E-state index is 12.8. The third-order valence-corrected chi connectivity index (χ3v) is 8.00. The Bertz CT molecular complexity index is 1760. The van der Waals surface area contributed by atoms with Gasteiger partial charge in [0.15, 0.2) is 5.78 Å². The van der Waals surface area contributed by atoms with Gasteiger partial charge in [-0.25, -0.2) is 0 Å². The number of nitrogens with two attached hydrogens (primary N) is 1. The van der Waals surface area contributed by atoms with Crippen LogP contribution in [0.2, 0.25) is 0 Å². The third kappa shape index (κ3) is 23.6. The Morgan fingerprint density at radius 3 is 1.81 bits per heavy atom. The van der Waals surface area contributed by atoms with Crippen molar-refractivity contribution in [1.82, 2.24) is 20.0 Å². The van der Waals surface area contributed by atoms with Gasteiger partial charge in [0.25, 0.3) is 5.97 Å². The topological polar surface area (TPSA) is 274 Å². The number of nitrogens with zero attached hydrogens (tertiary/aromatic N) is 3. The number of ether oxygens (including phenoxy) is 1. The number of fused-ring (bicyclic) bond motifs is 1. The molecule has 0 unspecified atom stereocenters. The molecule has 0 saturated heterocycles. The van der Waals surface area contributed by atoms with E-state index in [0.29, 0.717) is 32.5 Å². The highest BCUT2D eigenvalue weighted by Crippen LogP contribution is 2.16. The van der Waals surface area contributed by atoms with Gasteiger partial charge in [-0.2, -0.15) is 9.59 Å². The fourth-order valence-corrected chi connectivity index (χ4v) is 5.26. The van der Waals surface area contributed by atoms with Crippen molar-refractivity contribution in [3.63, 3.8) is 0 Å². The molecule has 310 valence electrons. The molecule has 0 aliphatic carbocycles. The lowest BCUT2D eigenvalue weighted by atomic mass is 10.0.